The molecule has 0 bridgehead atoms. The van der Waals surface area contributed by atoms with Crippen LogP contribution >= 0.6 is 7.82 Å². The third-order valence-electron chi connectivity index (χ3n) is 7.91. The van der Waals surface area contributed by atoms with E-state index in [0.717, 1.165) is 31.4 Å². The fourth-order valence-corrected chi connectivity index (χ4v) is 6.07. The number of hydroxylamine groups is 2. The maximum Gasteiger partial charge on any atom is 0.494 e. The SMILES string of the molecule is CCN1C(=O)[C@@H](NC(=O)c2cccc(C(F)(F)F)c2)[C@@H](c2ccc(F)cc2)c2c([C@@H](C)N(C#N)OP(=O)(O)OC)nn(-c3ccccc3)c21.[Na]. The summed E-state index contributed by atoms with van der Waals surface area (Å²) in [5.74, 6) is -3.23. The van der Waals surface area contributed by atoms with Gasteiger partial charge < -0.3 is 10.2 Å². The molecule has 1 aliphatic rings. The standard InChI is InChI=1S/C32H29F4N6O6P.Na/c1-4-40-30-26(27(39-42(30)24-11-6-5-7-12-24)19(2)41(18-37)48-49(45,46)47-3)25(20-13-15-23(33)16-14-20)28(31(40)44)38-29(43)21-9-8-10-22(17-21)32(34,35)36;/h5-17,19,25,28H,4H2,1-3H3,(H,38,43)(H,45,46);/t19-,25+,28+;/m1./s1. The van der Waals surface area contributed by atoms with Gasteiger partial charge in [0.1, 0.15) is 23.7 Å². The van der Waals surface area contributed by atoms with E-state index in [1.807, 2.05) is 0 Å². The summed E-state index contributed by atoms with van der Waals surface area (Å²) in [5.41, 5.74) is -0.372. The van der Waals surface area contributed by atoms with Gasteiger partial charge >= 0.3 is 14.0 Å². The van der Waals surface area contributed by atoms with Crippen molar-refractivity contribution in [3.8, 4) is 11.9 Å². The Morgan fingerprint density at radius 1 is 1.14 bits per heavy atom. The van der Waals surface area contributed by atoms with E-state index < -0.39 is 55.2 Å². The fourth-order valence-electron chi connectivity index (χ4n) is 5.61. The molecule has 0 saturated carbocycles. The van der Waals surface area contributed by atoms with Crippen molar-refractivity contribution >= 4 is 55.0 Å². The molecule has 0 fully saturated rings. The number of carbonyl (C=O) groups is 2. The first kappa shape index (κ1) is 38.7. The van der Waals surface area contributed by atoms with Gasteiger partial charge in [-0.1, -0.05) is 36.4 Å². The summed E-state index contributed by atoms with van der Waals surface area (Å²) in [5, 5.41) is 17.8. The van der Waals surface area contributed by atoms with Gasteiger partial charge in [0, 0.05) is 60.3 Å². The van der Waals surface area contributed by atoms with Crippen molar-refractivity contribution in [2.45, 2.75) is 38.0 Å². The average Bonchev–Trinajstić information content (AvgIpc) is 3.47. The normalized spacial score (nSPS) is 17.5. The van der Waals surface area contributed by atoms with Gasteiger partial charge in [0.25, 0.3) is 11.8 Å². The van der Waals surface area contributed by atoms with E-state index in [9.17, 15) is 41.9 Å². The summed E-state index contributed by atoms with van der Waals surface area (Å²) >= 11 is 0. The Labute approximate surface area is 306 Å². The molecule has 2 heterocycles. The molecule has 1 radical (unpaired) electrons. The molecule has 12 nitrogen and oxygen atoms in total. The molecule has 1 aliphatic heterocycles. The first-order valence-corrected chi connectivity index (χ1v) is 16.2. The minimum atomic E-state index is -4.76. The van der Waals surface area contributed by atoms with E-state index in [1.54, 1.807) is 43.4 Å². The molecule has 5 rings (SSSR count). The smallest absolute Gasteiger partial charge is 0.339 e. The van der Waals surface area contributed by atoms with Crippen molar-refractivity contribution in [1.82, 2.24) is 20.2 Å². The summed E-state index contributed by atoms with van der Waals surface area (Å²) in [6, 6.07) is 14.6. The number of hydrogen-bond acceptors (Lipinski definition) is 8. The Kier molecular flexibility index (Phi) is 12.0. The largest absolute Gasteiger partial charge is 0.494 e. The van der Waals surface area contributed by atoms with Gasteiger partial charge in [0.2, 0.25) is 6.19 Å². The van der Waals surface area contributed by atoms with Crippen LogP contribution in [0.1, 0.15) is 58.5 Å². The molecule has 4 atom stereocenters. The quantitative estimate of drug-likeness (QED) is 0.0543. The second-order valence-electron chi connectivity index (χ2n) is 10.8. The Bertz CT molecular complexity index is 1960. The minimum absolute atomic E-state index is 0. The maximum atomic E-state index is 14.4. The van der Waals surface area contributed by atoms with Crippen LogP contribution in [-0.4, -0.2) is 80.8 Å². The van der Waals surface area contributed by atoms with Gasteiger partial charge in [0.15, 0.2) is 0 Å². The number of phosphoric ester groups is 1. The Balaban J connectivity index is 0.00000562. The van der Waals surface area contributed by atoms with Crippen LogP contribution in [0, 0.1) is 17.3 Å². The van der Waals surface area contributed by atoms with Crippen molar-refractivity contribution in [2.75, 3.05) is 18.6 Å². The number of nitrogens with one attached hydrogen (secondary N) is 1. The van der Waals surface area contributed by atoms with Crippen LogP contribution in [0.25, 0.3) is 5.69 Å². The van der Waals surface area contributed by atoms with Crippen LogP contribution in [0.3, 0.4) is 0 Å². The number of nitriles is 1. The predicted molar refractivity (Wildman–Crippen MR) is 172 cm³/mol. The predicted octanol–water partition coefficient (Wildman–Crippen LogP) is 5.47. The molecule has 50 heavy (non-hydrogen) atoms. The number of likely N-dealkylation sites (N-methyl/N-ethyl adjacent to an activating group) is 1. The molecule has 1 aromatic heterocycles. The first-order chi connectivity index (χ1) is 23.2. The molecule has 2 amide bonds. The first-order valence-electron chi connectivity index (χ1n) is 14.7. The van der Waals surface area contributed by atoms with E-state index in [1.165, 1.54) is 34.7 Å². The second-order valence-corrected chi connectivity index (χ2v) is 12.3. The second kappa shape index (κ2) is 15.4. The topological polar surface area (TPSA) is 150 Å². The number of rotatable bonds is 10. The molecule has 2 N–H and O–H groups in total. The molecule has 3 aromatic carbocycles. The molecular formula is C32H29F4N6NaO6P. The van der Waals surface area contributed by atoms with Gasteiger partial charge in [-0.25, -0.2) is 13.6 Å². The molecule has 1 unspecified atom stereocenters. The number of amides is 2. The number of alkyl halides is 3. The number of para-hydroxylation sites is 1. The van der Waals surface area contributed by atoms with Gasteiger partial charge in [-0.15, -0.1) is 0 Å². The fraction of sp³-hybridized carbons (Fsp3) is 0.250. The molecule has 0 spiro atoms. The van der Waals surface area contributed by atoms with E-state index >= 15 is 0 Å². The van der Waals surface area contributed by atoms with Crippen LogP contribution in [0.5, 0.6) is 0 Å². The number of halogens is 4. The summed E-state index contributed by atoms with van der Waals surface area (Å²) in [4.78, 5) is 39.3. The van der Waals surface area contributed by atoms with E-state index in [-0.39, 0.29) is 58.7 Å². The zero-order valence-corrected chi connectivity index (χ0v) is 30.0. The number of benzene rings is 3. The maximum absolute atomic E-state index is 14.4. The summed E-state index contributed by atoms with van der Waals surface area (Å²) in [7, 11) is -3.86. The third kappa shape index (κ3) is 7.79. The number of fused-ring (bicyclic) bond motifs is 1. The zero-order chi connectivity index (χ0) is 35.7. The van der Waals surface area contributed by atoms with Crippen LogP contribution in [0.2, 0.25) is 0 Å². The van der Waals surface area contributed by atoms with Gasteiger partial charge in [-0.2, -0.15) is 33.2 Å². The Hall–Kier alpha value is -4.07. The van der Waals surface area contributed by atoms with Crippen molar-refractivity contribution in [3.63, 3.8) is 0 Å². The molecular weight excluding hydrogens is 694 g/mol. The summed E-state index contributed by atoms with van der Waals surface area (Å²) in [6.07, 6.45) is -3.06. The number of anilines is 1. The van der Waals surface area contributed by atoms with Crippen molar-refractivity contribution in [1.29, 1.82) is 5.26 Å². The molecule has 18 heteroatoms. The number of hydrogen-bond donors (Lipinski definition) is 2. The van der Waals surface area contributed by atoms with Gasteiger partial charge in [0.05, 0.1) is 16.9 Å². The van der Waals surface area contributed by atoms with Gasteiger partial charge in [-0.05, 0) is 61.9 Å². The zero-order valence-electron chi connectivity index (χ0n) is 27.1. The molecule has 4 aromatic rings. The number of nitrogens with zero attached hydrogens (tertiary/aromatic N) is 5. The van der Waals surface area contributed by atoms with E-state index in [0.29, 0.717) is 22.4 Å². The van der Waals surface area contributed by atoms with Crippen LogP contribution < -0.4 is 10.2 Å². The van der Waals surface area contributed by atoms with E-state index in [2.05, 4.69) is 9.84 Å². The minimum Gasteiger partial charge on any atom is -0.339 e. The number of aromatic nitrogens is 2. The number of phosphoric acid groups is 1. The van der Waals surface area contributed by atoms with Gasteiger partial charge in [-0.3, -0.25) is 19.0 Å². The number of carbonyl (C=O) groups excluding carboxylic acids is 2. The Morgan fingerprint density at radius 3 is 2.38 bits per heavy atom. The summed E-state index contributed by atoms with van der Waals surface area (Å²) in [6.45, 7) is 3.11. The van der Waals surface area contributed by atoms with Crippen LogP contribution in [0.4, 0.5) is 23.4 Å². The van der Waals surface area contributed by atoms with E-state index in [4.69, 9.17) is 9.72 Å². The Morgan fingerprint density at radius 2 is 1.80 bits per heavy atom. The van der Waals surface area contributed by atoms with Crippen LogP contribution in [0.15, 0.2) is 78.9 Å². The average molecular weight is 724 g/mol. The van der Waals surface area contributed by atoms with Crippen molar-refractivity contribution < 1.29 is 45.8 Å². The van der Waals surface area contributed by atoms with Crippen molar-refractivity contribution in [3.05, 3.63) is 113 Å². The molecule has 0 saturated heterocycles. The van der Waals surface area contributed by atoms with Crippen molar-refractivity contribution in [2.24, 2.45) is 0 Å². The summed E-state index contributed by atoms with van der Waals surface area (Å²) < 4.78 is 78.0. The molecule has 0 aliphatic carbocycles. The molecule has 257 valence electrons. The van der Waals surface area contributed by atoms with Crippen LogP contribution in [-0.2, 0) is 24.7 Å². The monoisotopic (exact) mass is 723 g/mol. The third-order valence-corrected chi connectivity index (χ3v) is 8.75.